The molecule has 0 spiro atoms. The lowest BCUT2D eigenvalue weighted by Gasteiger charge is -2.16. The van der Waals surface area contributed by atoms with E-state index >= 15 is 0 Å². The molecular formula is C18H22N2O. The standard InChI is InChI=1S/C18H22N2O/c1-2-17(19)18-10-9-16(12-20-18)21-15-8-7-13-5-3-4-6-14(13)11-15/h7-12,17H,2-6,19H2,1H3. The zero-order chi connectivity index (χ0) is 14.7. The number of fused-ring (bicyclic) bond motifs is 1. The van der Waals surface area contributed by atoms with Gasteiger partial charge in [0, 0.05) is 6.04 Å². The van der Waals surface area contributed by atoms with E-state index in [9.17, 15) is 0 Å². The van der Waals surface area contributed by atoms with Gasteiger partial charge in [-0.1, -0.05) is 13.0 Å². The van der Waals surface area contributed by atoms with Gasteiger partial charge in [-0.05, 0) is 67.5 Å². The molecule has 2 aromatic rings. The average Bonchev–Trinajstić information content (AvgIpc) is 2.55. The summed E-state index contributed by atoms with van der Waals surface area (Å²) in [6.07, 6.45) is 7.58. The fraction of sp³-hybridized carbons (Fsp3) is 0.389. The van der Waals surface area contributed by atoms with Crippen LogP contribution in [-0.4, -0.2) is 4.98 Å². The number of nitrogens with two attached hydrogens (primary N) is 1. The summed E-state index contributed by atoms with van der Waals surface area (Å²) in [5.74, 6) is 1.66. The normalized spacial score (nSPS) is 15.3. The molecule has 1 atom stereocenters. The summed E-state index contributed by atoms with van der Waals surface area (Å²) in [4.78, 5) is 4.38. The van der Waals surface area contributed by atoms with Gasteiger partial charge < -0.3 is 10.5 Å². The monoisotopic (exact) mass is 282 g/mol. The minimum atomic E-state index is 0.00259. The maximum absolute atomic E-state index is 5.97. The van der Waals surface area contributed by atoms with Gasteiger partial charge in [-0.3, -0.25) is 4.98 Å². The first-order valence-electron chi connectivity index (χ1n) is 7.77. The number of hydrogen-bond acceptors (Lipinski definition) is 3. The van der Waals surface area contributed by atoms with E-state index < -0.39 is 0 Å². The zero-order valence-corrected chi connectivity index (χ0v) is 12.5. The largest absolute Gasteiger partial charge is 0.456 e. The van der Waals surface area contributed by atoms with E-state index in [4.69, 9.17) is 10.5 Å². The van der Waals surface area contributed by atoms with E-state index in [2.05, 4.69) is 30.1 Å². The summed E-state index contributed by atoms with van der Waals surface area (Å²) < 4.78 is 5.91. The van der Waals surface area contributed by atoms with Crippen molar-refractivity contribution in [2.75, 3.05) is 0 Å². The van der Waals surface area contributed by atoms with E-state index in [0.717, 1.165) is 30.0 Å². The Morgan fingerprint density at radius 1 is 1.10 bits per heavy atom. The van der Waals surface area contributed by atoms with Crippen molar-refractivity contribution < 1.29 is 4.74 Å². The molecule has 1 aliphatic rings. The third-order valence-corrected chi connectivity index (χ3v) is 4.13. The van der Waals surface area contributed by atoms with Gasteiger partial charge in [0.2, 0.25) is 0 Å². The van der Waals surface area contributed by atoms with Crippen molar-refractivity contribution in [3.8, 4) is 11.5 Å². The highest BCUT2D eigenvalue weighted by molar-refractivity contribution is 5.39. The Morgan fingerprint density at radius 2 is 1.86 bits per heavy atom. The van der Waals surface area contributed by atoms with Crippen molar-refractivity contribution in [1.82, 2.24) is 4.98 Å². The van der Waals surface area contributed by atoms with Crippen LogP contribution in [0.3, 0.4) is 0 Å². The second-order valence-electron chi connectivity index (χ2n) is 5.67. The van der Waals surface area contributed by atoms with Gasteiger partial charge in [0.25, 0.3) is 0 Å². The minimum absolute atomic E-state index is 0.00259. The minimum Gasteiger partial charge on any atom is -0.456 e. The van der Waals surface area contributed by atoms with Gasteiger partial charge >= 0.3 is 0 Å². The number of aryl methyl sites for hydroxylation is 2. The van der Waals surface area contributed by atoms with E-state index in [0.29, 0.717) is 0 Å². The van der Waals surface area contributed by atoms with Gasteiger partial charge in [-0.15, -0.1) is 0 Å². The summed E-state index contributed by atoms with van der Waals surface area (Å²) >= 11 is 0. The van der Waals surface area contributed by atoms with Crippen LogP contribution < -0.4 is 10.5 Å². The van der Waals surface area contributed by atoms with Crippen molar-refractivity contribution >= 4 is 0 Å². The van der Waals surface area contributed by atoms with Crippen LogP contribution in [0.1, 0.15) is 49.0 Å². The molecule has 2 N–H and O–H groups in total. The quantitative estimate of drug-likeness (QED) is 0.916. The number of hydrogen-bond donors (Lipinski definition) is 1. The van der Waals surface area contributed by atoms with E-state index in [-0.39, 0.29) is 6.04 Å². The average molecular weight is 282 g/mol. The molecule has 21 heavy (non-hydrogen) atoms. The van der Waals surface area contributed by atoms with Gasteiger partial charge in [-0.25, -0.2) is 0 Å². The maximum atomic E-state index is 5.97. The zero-order valence-electron chi connectivity index (χ0n) is 12.5. The van der Waals surface area contributed by atoms with Crippen LogP contribution >= 0.6 is 0 Å². The molecule has 3 rings (SSSR count). The number of rotatable bonds is 4. The highest BCUT2D eigenvalue weighted by Gasteiger charge is 2.10. The number of nitrogens with zero attached hydrogens (tertiary/aromatic N) is 1. The van der Waals surface area contributed by atoms with Crippen molar-refractivity contribution in [2.24, 2.45) is 5.73 Å². The summed E-state index contributed by atoms with van der Waals surface area (Å²) in [5, 5.41) is 0. The maximum Gasteiger partial charge on any atom is 0.145 e. The van der Waals surface area contributed by atoms with Gasteiger partial charge in [0.1, 0.15) is 11.5 Å². The predicted octanol–water partition coefficient (Wildman–Crippen LogP) is 4.16. The lowest BCUT2D eigenvalue weighted by molar-refractivity contribution is 0.477. The number of pyridine rings is 1. The van der Waals surface area contributed by atoms with Crippen LogP contribution in [0.25, 0.3) is 0 Å². The lowest BCUT2D eigenvalue weighted by atomic mass is 9.92. The molecule has 0 amide bonds. The third kappa shape index (κ3) is 3.24. The summed E-state index contributed by atoms with van der Waals surface area (Å²) in [6.45, 7) is 2.06. The van der Waals surface area contributed by atoms with Gasteiger partial charge in [0.15, 0.2) is 0 Å². The van der Waals surface area contributed by atoms with Gasteiger partial charge in [0.05, 0.1) is 11.9 Å². The Bertz CT molecular complexity index is 607. The summed E-state index contributed by atoms with van der Waals surface area (Å²) in [5.41, 5.74) is 9.78. The predicted molar refractivity (Wildman–Crippen MR) is 84.6 cm³/mol. The first-order valence-corrected chi connectivity index (χ1v) is 7.77. The molecule has 110 valence electrons. The Labute approximate surface area is 126 Å². The molecule has 1 unspecified atom stereocenters. The lowest BCUT2D eigenvalue weighted by Crippen LogP contribution is -2.10. The van der Waals surface area contributed by atoms with Crippen LogP contribution in [0.5, 0.6) is 11.5 Å². The highest BCUT2D eigenvalue weighted by atomic mass is 16.5. The van der Waals surface area contributed by atoms with Crippen molar-refractivity contribution in [2.45, 2.75) is 45.1 Å². The second kappa shape index (κ2) is 6.27. The Morgan fingerprint density at radius 3 is 2.57 bits per heavy atom. The summed E-state index contributed by atoms with van der Waals surface area (Å²) in [7, 11) is 0. The van der Waals surface area contributed by atoms with Gasteiger partial charge in [-0.2, -0.15) is 0 Å². The molecule has 0 aliphatic heterocycles. The molecule has 3 nitrogen and oxygen atoms in total. The first kappa shape index (κ1) is 14.1. The SMILES string of the molecule is CCC(N)c1ccc(Oc2ccc3c(c2)CCCC3)cn1. The number of ether oxygens (including phenoxy) is 1. The molecule has 1 aromatic carbocycles. The topological polar surface area (TPSA) is 48.1 Å². The molecule has 0 fully saturated rings. The molecule has 1 aliphatic carbocycles. The Kier molecular flexibility index (Phi) is 4.20. The molecule has 0 saturated carbocycles. The number of benzene rings is 1. The van der Waals surface area contributed by atoms with Crippen LogP contribution in [0.4, 0.5) is 0 Å². The van der Waals surface area contributed by atoms with E-state index in [1.54, 1.807) is 6.20 Å². The molecule has 1 heterocycles. The van der Waals surface area contributed by atoms with E-state index in [1.807, 2.05) is 12.1 Å². The molecule has 1 aromatic heterocycles. The van der Waals surface area contributed by atoms with Crippen LogP contribution in [-0.2, 0) is 12.8 Å². The molecule has 3 heteroatoms. The molecular weight excluding hydrogens is 260 g/mol. The summed E-state index contributed by atoms with van der Waals surface area (Å²) in [6, 6.07) is 10.3. The van der Waals surface area contributed by atoms with Crippen LogP contribution in [0.15, 0.2) is 36.5 Å². The van der Waals surface area contributed by atoms with Crippen molar-refractivity contribution in [1.29, 1.82) is 0 Å². The second-order valence-corrected chi connectivity index (χ2v) is 5.67. The molecule has 0 saturated heterocycles. The van der Waals surface area contributed by atoms with Crippen molar-refractivity contribution in [3.63, 3.8) is 0 Å². The number of aromatic nitrogens is 1. The van der Waals surface area contributed by atoms with Crippen LogP contribution in [0.2, 0.25) is 0 Å². The fourth-order valence-electron chi connectivity index (χ4n) is 2.79. The molecule has 0 bridgehead atoms. The smallest absolute Gasteiger partial charge is 0.145 e. The highest BCUT2D eigenvalue weighted by Crippen LogP contribution is 2.28. The van der Waals surface area contributed by atoms with Crippen LogP contribution in [0, 0.1) is 0 Å². The Hall–Kier alpha value is -1.87. The Balaban J connectivity index is 1.74. The third-order valence-electron chi connectivity index (χ3n) is 4.13. The first-order chi connectivity index (χ1) is 10.3. The fourth-order valence-corrected chi connectivity index (χ4v) is 2.79. The van der Waals surface area contributed by atoms with E-state index in [1.165, 1.54) is 30.4 Å². The molecule has 0 radical (unpaired) electrons. The van der Waals surface area contributed by atoms with Crippen molar-refractivity contribution in [3.05, 3.63) is 53.3 Å².